The van der Waals surface area contributed by atoms with Crippen LogP contribution in [-0.2, 0) is 0 Å². The van der Waals surface area contributed by atoms with Gasteiger partial charge in [0.05, 0.1) is 11.3 Å². The third-order valence-electron chi connectivity index (χ3n) is 2.68. The van der Waals surface area contributed by atoms with Gasteiger partial charge in [0.1, 0.15) is 6.07 Å². The predicted octanol–water partition coefficient (Wildman–Crippen LogP) is 2.37. The number of nitrogens with zero attached hydrogens (tertiary/aromatic N) is 2. The van der Waals surface area contributed by atoms with Gasteiger partial charge in [0.2, 0.25) is 0 Å². The highest BCUT2D eigenvalue weighted by atomic mass is 15.5. The van der Waals surface area contributed by atoms with E-state index in [0.29, 0.717) is 5.56 Å². The van der Waals surface area contributed by atoms with Crippen molar-refractivity contribution in [2.24, 2.45) is 0 Å². The van der Waals surface area contributed by atoms with Crippen molar-refractivity contribution < 1.29 is 0 Å². The topological polar surface area (TPSA) is 39.1 Å². The molecule has 1 heterocycles. The first-order chi connectivity index (χ1) is 7.40. The van der Waals surface area contributed by atoms with E-state index in [9.17, 15) is 0 Å². The minimum Gasteiger partial charge on any atom is -0.318 e. The van der Waals surface area contributed by atoms with Crippen LogP contribution in [0.4, 0.5) is 5.69 Å². The normalized spacial score (nSPS) is 17.0. The third-order valence-corrected chi connectivity index (χ3v) is 2.68. The Bertz CT molecular complexity index is 361. The lowest BCUT2D eigenvalue weighted by atomic mass is 10.1. The highest BCUT2D eigenvalue weighted by Crippen LogP contribution is 2.16. The summed E-state index contributed by atoms with van der Waals surface area (Å²) in [4.78, 5) is 0. The monoisotopic (exact) mass is 201 g/mol. The second-order valence-corrected chi connectivity index (χ2v) is 3.82. The minimum absolute atomic E-state index is 0.711. The first kappa shape index (κ1) is 10.0. The molecule has 0 aromatic heterocycles. The molecule has 0 bridgehead atoms. The van der Waals surface area contributed by atoms with E-state index in [4.69, 9.17) is 5.26 Å². The molecule has 0 unspecified atom stereocenters. The molecular formula is C12H15N3. The summed E-state index contributed by atoms with van der Waals surface area (Å²) in [5.74, 6) is 0. The van der Waals surface area contributed by atoms with Gasteiger partial charge in [0.25, 0.3) is 0 Å². The van der Waals surface area contributed by atoms with Crippen LogP contribution in [0.1, 0.15) is 24.8 Å². The minimum atomic E-state index is 0.711. The summed E-state index contributed by atoms with van der Waals surface area (Å²) in [5.41, 5.74) is 4.94. The molecule has 0 saturated carbocycles. The first-order valence-corrected chi connectivity index (χ1v) is 5.41. The number of rotatable bonds is 2. The highest BCUT2D eigenvalue weighted by molar-refractivity contribution is 5.56. The molecule has 1 fully saturated rings. The Kier molecular flexibility index (Phi) is 3.21. The van der Waals surface area contributed by atoms with Crippen LogP contribution < -0.4 is 5.43 Å². The average molecular weight is 201 g/mol. The summed E-state index contributed by atoms with van der Waals surface area (Å²) < 4.78 is 0. The SMILES string of the molecule is N#Cc1ccccc1NN1CCCCC1. The fourth-order valence-electron chi connectivity index (χ4n) is 1.85. The molecule has 0 aliphatic carbocycles. The zero-order valence-corrected chi connectivity index (χ0v) is 8.74. The zero-order chi connectivity index (χ0) is 10.5. The van der Waals surface area contributed by atoms with Crippen LogP contribution >= 0.6 is 0 Å². The number of piperidine rings is 1. The molecule has 1 aliphatic rings. The van der Waals surface area contributed by atoms with E-state index < -0.39 is 0 Å². The lowest BCUT2D eigenvalue weighted by Gasteiger charge is -2.28. The van der Waals surface area contributed by atoms with Crippen LogP contribution in [0.15, 0.2) is 24.3 Å². The van der Waals surface area contributed by atoms with E-state index in [1.807, 2.05) is 24.3 Å². The second kappa shape index (κ2) is 4.81. The summed E-state index contributed by atoms with van der Waals surface area (Å²) in [5, 5.41) is 11.1. The zero-order valence-electron chi connectivity index (χ0n) is 8.74. The third kappa shape index (κ3) is 2.48. The van der Waals surface area contributed by atoms with Crippen molar-refractivity contribution in [3.8, 4) is 6.07 Å². The Morgan fingerprint density at radius 2 is 1.87 bits per heavy atom. The van der Waals surface area contributed by atoms with Crippen LogP contribution in [0.5, 0.6) is 0 Å². The molecule has 0 radical (unpaired) electrons. The molecule has 2 rings (SSSR count). The van der Waals surface area contributed by atoms with E-state index >= 15 is 0 Å². The smallest absolute Gasteiger partial charge is 0.101 e. The van der Waals surface area contributed by atoms with Crippen molar-refractivity contribution in [1.29, 1.82) is 5.26 Å². The molecule has 78 valence electrons. The number of benzene rings is 1. The summed E-state index contributed by atoms with van der Waals surface area (Å²) in [7, 11) is 0. The van der Waals surface area contributed by atoms with E-state index in [1.165, 1.54) is 19.3 Å². The quantitative estimate of drug-likeness (QED) is 0.798. The van der Waals surface area contributed by atoms with Gasteiger partial charge in [-0.15, -0.1) is 0 Å². The Balaban J connectivity index is 2.06. The molecule has 15 heavy (non-hydrogen) atoms. The second-order valence-electron chi connectivity index (χ2n) is 3.82. The molecule has 1 aromatic rings. The number of anilines is 1. The van der Waals surface area contributed by atoms with Crippen LogP contribution in [0, 0.1) is 11.3 Å². The number of para-hydroxylation sites is 1. The lowest BCUT2D eigenvalue weighted by Crippen LogP contribution is -2.35. The molecule has 0 amide bonds. The molecule has 0 atom stereocenters. The van der Waals surface area contributed by atoms with Gasteiger partial charge in [-0.2, -0.15) is 5.26 Å². The molecule has 1 saturated heterocycles. The largest absolute Gasteiger partial charge is 0.318 e. The summed E-state index contributed by atoms with van der Waals surface area (Å²) in [6, 6.07) is 9.83. The fourth-order valence-corrected chi connectivity index (χ4v) is 1.85. The number of nitrogens with one attached hydrogen (secondary N) is 1. The maximum absolute atomic E-state index is 8.94. The van der Waals surface area contributed by atoms with Gasteiger partial charge in [-0.05, 0) is 25.0 Å². The Morgan fingerprint density at radius 3 is 2.60 bits per heavy atom. The standard InChI is InChI=1S/C12H15N3/c13-10-11-6-2-3-7-12(11)14-15-8-4-1-5-9-15/h2-3,6-7,14H,1,4-5,8-9H2. The van der Waals surface area contributed by atoms with Crippen LogP contribution in [0.2, 0.25) is 0 Å². The van der Waals surface area contributed by atoms with Gasteiger partial charge >= 0.3 is 0 Å². The van der Waals surface area contributed by atoms with Gasteiger partial charge in [-0.3, -0.25) is 0 Å². The molecule has 3 nitrogen and oxygen atoms in total. The fraction of sp³-hybridized carbons (Fsp3) is 0.417. The van der Waals surface area contributed by atoms with E-state index in [1.54, 1.807) is 0 Å². The van der Waals surface area contributed by atoms with Crippen molar-refractivity contribution in [3.05, 3.63) is 29.8 Å². The highest BCUT2D eigenvalue weighted by Gasteiger charge is 2.10. The average Bonchev–Trinajstić information content (AvgIpc) is 2.31. The number of hydrazine groups is 1. The van der Waals surface area contributed by atoms with E-state index in [-0.39, 0.29) is 0 Å². The van der Waals surface area contributed by atoms with Gasteiger partial charge < -0.3 is 5.43 Å². The summed E-state index contributed by atoms with van der Waals surface area (Å²) in [6.45, 7) is 2.14. The van der Waals surface area contributed by atoms with Crippen molar-refractivity contribution in [2.45, 2.75) is 19.3 Å². The Hall–Kier alpha value is -1.53. The number of hydrogen-bond donors (Lipinski definition) is 1. The van der Waals surface area contributed by atoms with Gasteiger partial charge in [-0.1, -0.05) is 18.6 Å². The van der Waals surface area contributed by atoms with Crippen molar-refractivity contribution >= 4 is 5.69 Å². The number of nitriles is 1. The Labute approximate surface area is 90.3 Å². The summed E-state index contributed by atoms with van der Waals surface area (Å²) in [6.07, 6.45) is 3.79. The van der Waals surface area contributed by atoms with Crippen molar-refractivity contribution in [1.82, 2.24) is 5.01 Å². The van der Waals surface area contributed by atoms with Gasteiger partial charge in [0.15, 0.2) is 0 Å². The van der Waals surface area contributed by atoms with Gasteiger partial charge in [-0.25, -0.2) is 5.01 Å². The molecule has 1 aliphatic heterocycles. The molecular weight excluding hydrogens is 186 g/mol. The Morgan fingerprint density at radius 1 is 1.13 bits per heavy atom. The number of hydrogen-bond acceptors (Lipinski definition) is 3. The maximum Gasteiger partial charge on any atom is 0.101 e. The van der Waals surface area contributed by atoms with Crippen LogP contribution in [0.25, 0.3) is 0 Å². The first-order valence-electron chi connectivity index (χ1n) is 5.41. The molecule has 3 heteroatoms. The maximum atomic E-state index is 8.94. The van der Waals surface area contributed by atoms with Crippen LogP contribution in [0.3, 0.4) is 0 Å². The molecule has 1 aromatic carbocycles. The molecule has 1 N–H and O–H groups in total. The molecule has 0 spiro atoms. The van der Waals surface area contributed by atoms with Crippen molar-refractivity contribution in [3.63, 3.8) is 0 Å². The van der Waals surface area contributed by atoms with Gasteiger partial charge in [0, 0.05) is 13.1 Å². The van der Waals surface area contributed by atoms with Crippen LogP contribution in [-0.4, -0.2) is 18.1 Å². The van der Waals surface area contributed by atoms with E-state index in [2.05, 4.69) is 16.5 Å². The van der Waals surface area contributed by atoms with E-state index in [0.717, 1.165) is 18.8 Å². The lowest BCUT2D eigenvalue weighted by molar-refractivity contribution is 0.273. The summed E-state index contributed by atoms with van der Waals surface area (Å²) >= 11 is 0. The van der Waals surface area contributed by atoms with Crippen molar-refractivity contribution in [2.75, 3.05) is 18.5 Å². The predicted molar refractivity (Wildman–Crippen MR) is 60.2 cm³/mol.